The summed E-state index contributed by atoms with van der Waals surface area (Å²) in [5, 5.41) is 2.89. The first-order chi connectivity index (χ1) is 10.5. The Hall–Kier alpha value is -2.01. The Morgan fingerprint density at radius 3 is 2.55 bits per heavy atom. The van der Waals surface area contributed by atoms with Gasteiger partial charge in [-0.1, -0.05) is 12.1 Å². The molecule has 1 N–H and O–H groups in total. The number of hydrogen-bond donors (Lipinski definition) is 1. The van der Waals surface area contributed by atoms with E-state index in [9.17, 15) is 4.79 Å². The molecule has 0 atom stereocenters. The van der Waals surface area contributed by atoms with Gasteiger partial charge in [-0.2, -0.15) is 0 Å². The van der Waals surface area contributed by atoms with Gasteiger partial charge < -0.3 is 14.8 Å². The summed E-state index contributed by atoms with van der Waals surface area (Å²) in [5.41, 5.74) is 2.69. The Bertz CT molecular complexity index is 686. The van der Waals surface area contributed by atoms with E-state index < -0.39 is 0 Å². The highest BCUT2D eigenvalue weighted by atomic mass is 79.9. The maximum atomic E-state index is 12.2. The summed E-state index contributed by atoms with van der Waals surface area (Å²) >= 11 is 3.45. The second-order valence-electron chi connectivity index (χ2n) is 4.89. The minimum Gasteiger partial charge on any atom is -0.497 e. The van der Waals surface area contributed by atoms with Gasteiger partial charge in [0.15, 0.2) is 0 Å². The number of ether oxygens (including phenoxy) is 2. The Labute approximate surface area is 138 Å². The van der Waals surface area contributed by atoms with Crippen LogP contribution in [0.2, 0.25) is 0 Å². The number of rotatable bonds is 5. The molecule has 0 aliphatic rings. The van der Waals surface area contributed by atoms with Crippen molar-refractivity contribution in [2.75, 3.05) is 19.5 Å². The van der Waals surface area contributed by atoms with Crippen molar-refractivity contribution >= 4 is 27.5 Å². The van der Waals surface area contributed by atoms with Gasteiger partial charge in [-0.3, -0.25) is 4.79 Å². The average molecular weight is 364 g/mol. The zero-order chi connectivity index (χ0) is 16.1. The number of amides is 1. The molecule has 0 aromatic heterocycles. The fourth-order valence-corrected chi connectivity index (χ4v) is 2.68. The van der Waals surface area contributed by atoms with Crippen molar-refractivity contribution in [3.8, 4) is 11.5 Å². The molecule has 0 heterocycles. The van der Waals surface area contributed by atoms with Crippen molar-refractivity contribution in [2.24, 2.45) is 0 Å². The van der Waals surface area contributed by atoms with Crippen LogP contribution in [0.3, 0.4) is 0 Å². The summed E-state index contributed by atoms with van der Waals surface area (Å²) in [6, 6.07) is 11.2. The standard InChI is InChI=1S/C17H18BrNO3/c1-11-4-7-15(14(18)8-11)19-17(20)9-12-5-6-13(21-2)10-16(12)22-3/h4-8,10H,9H2,1-3H3,(H,19,20). The van der Waals surface area contributed by atoms with E-state index in [0.717, 1.165) is 21.3 Å². The maximum absolute atomic E-state index is 12.2. The molecule has 1 amide bonds. The van der Waals surface area contributed by atoms with E-state index in [4.69, 9.17) is 9.47 Å². The van der Waals surface area contributed by atoms with Crippen molar-refractivity contribution in [3.05, 3.63) is 52.0 Å². The fraction of sp³-hybridized carbons (Fsp3) is 0.235. The zero-order valence-corrected chi connectivity index (χ0v) is 14.4. The number of anilines is 1. The highest BCUT2D eigenvalue weighted by Gasteiger charge is 2.11. The van der Waals surface area contributed by atoms with Gasteiger partial charge in [0, 0.05) is 16.1 Å². The van der Waals surface area contributed by atoms with Crippen LogP contribution in [0.4, 0.5) is 5.69 Å². The summed E-state index contributed by atoms with van der Waals surface area (Å²) in [7, 11) is 3.17. The van der Waals surface area contributed by atoms with E-state index in [-0.39, 0.29) is 12.3 Å². The molecular formula is C17H18BrNO3. The van der Waals surface area contributed by atoms with Gasteiger partial charge in [-0.25, -0.2) is 0 Å². The Balaban J connectivity index is 2.12. The summed E-state index contributed by atoms with van der Waals surface area (Å²) in [6.45, 7) is 2.00. The van der Waals surface area contributed by atoms with Crippen molar-refractivity contribution in [1.82, 2.24) is 0 Å². The van der Waals surface area contributed by atoms with E-state index in [1.807, 2.05) is 37.3 Å². The topological polar surface area (TPSA) is 47.6 Å². The van der Waals surface area contributed by atoms with E-state index in [1.54, 1.807) is 20.3 Å². The summed E-state index contributed by atoms with van der Waals surface area (Å²) in [5.74, 6) is 1.23. The second kappa shape index (κ2) is 7.31. The van der Waals surface area contributed by atoms with Crippen LogP contribution in [-0.2, 0) is 11.2 Å². The molecule has 0 fully saturated rings. The predicted octanol–water partition coefficient (Wildman–Crippen LogP) is 3.96. The molecule has 0 saturated carbocycles. The molecule has 5 heteroatoms. The van der Waals surface area contributed by atoms with E-state index in [2.05, 4.69) is 21.2 Å². The molecule has 0 spiro atoms. The van der Waals surface area contributed by atoms with Crippen molar-refractivity contribution in [1.29, 1.82) is 0 Å². The minimum atomic E-state index is -0.104. The molecule has 22 heavy (non-hydrogen) atoms. The molecule has 0 saturated heterocycles. The van der Waals surface area contributed by atoms with Gasteiger partial charge in [0.05, 0.1) is 26.3 Å². The molecule has 0 unspecified atom stereocenters. The summed E-state index contributed by atoms with van der Waals surface area (Å²) in [4.78, 5) is 12.2. The summed E-state index contributed by atoms with van der Waals surface area (Å²) in [6.07, 6.45) is 0.230. The van der Waals surface area contributed by atoms with E-state index in [0.29, 0.717) is 11.5 Å². The minimum absolute atomic E-state index is 0.104. The van der Waals surface area contributed by atoms with Gasteiger partial charge in [0.2, 0.25) is 5.91 Å². The third-order valence-electron chi connectivity index (χ3n) is 3.24. The second-order valence-corrected chi connectivity index (χ2v) is 5.74. The summed E-state index contributed by atoms with van der Waals surface area (Å²) < 4.78 is 11.3. The Kier molecular flexibility index (Phi) is 5.44. The lowest BCUT2D eigenvalue weighted by atomic mass is 10.1. The van der Waals surface area contributed by atoms with Gasteiger partial charge in [-0.15, -0.1) is 0 Å². The van der Waals surface area contributed by atoms with Gasteiger partial charge in [-0.05, 0) is 46.6 Å². The third-order valence-corrected chi connectivity index (χ3v) is 3.90. The van der Waals surface area contributed by atoms with E-state index >= 15 is 0 Å². The molecule has 0 bridgehead atoms. The number of benzene rings is 2. The Morgan fingerprint density at radius 1 is 1.14 bits per heavy atom. The first-order valence-corrected chi connectivity index (χ1v) is 7.59. The van der Waals surface area contributed by atoms with Crippen LogP contribution in [0, 0.1) is 6.92 Å². The van der Waals surface area contributed by atoms with Crippen LogP contribution in [0.5, 0.6) is 11.5 Å². The molecule has 2 aromatic carbocycles. The first kappa shape index (κ1) is 16.4. The highest BCUT2D eigenvalue weighted by Crippen LogP contribution is 2.26. The van der Waals surface area contributed by atoms with Crippen LogP contribution in [0.25, 0.3) is 0 Å². The quantitative estimate of drug-likeness (QED) is 0.874. The first-order valence-electron chi connectivity index (χ1n) is 6.80. The molecule has 0 aliphatic heterocycles. The van der Waals surface area contributed by atoms with Crippen molar-refractivity contribution in [3.63, 3.8) is 0 Å². The Morgan fingerprint density at radius 2 is 1.91 bits per heavy atom. The van der Waals surface area contributed by atoms with Crippen LogP contribution in [-0.4, -0.2) is 20.1 Å². The normalized spacial score (nSPS) is 10.2. The van der Waals surface area contributed by atoms with Crippen LogP contribution >= 0.6 is 15.9 Å². The monoisotopic (exact) mass is 363 g/mol. The lowest BCUT2D eigenvalue weighted by molar-refractivity contribution is -0.115. The highest BCUT2D eigenvalue weighted by molar-refractivity contribution is 9.10. The maximum Gasteiger partial charge on any atom is 0.228 e. The average Bonchev–Trinajstić information content (AvgIpc) is 2.50. The lowest BCUT2D eigenvalue weighted by Crippen LogP contribution is -2.15. The molecule has 116 valence electrons. The number of methoxy groups -OCH3 is 2. The fourth-order valence-electron chi connectivity index (χ4n) is 2.09. The van der Waals surface area contributed by atoms with Crippen molar-refractivity contribution in [2.45, 2.75) is 13.3 Å². The number of aryl methyl sites for hydroxylation is 1. The number of carbonyl (C=O) groups excluding carboxylic acids is 1. The molecule has 2 rings (SSSR count). The molecule has 2 aromatic rings. The largest absolute Gasteiger partial charge is 0.497 e. The van der Waals surface area contributed by atoms with E-state index in [1.165, 1.54) is 0 Å². The number of carbonyl (C=O) groups is 1. The molecule has 4 nitrogen and oxygen atoms in total. The van der Waals surface area contributed by atoms with Gasteiger partial charge in [0.1, 0.15) is 11.5 Å². The smallest absolute Gasteiger partial charge is 0.228 e. The van der Waals surface area contributed by atoms with Gasteiger partial charge >= 0.3 is 0 Å². The number of halogens is 1. The van der Waals surface area contributed by atoms with Gasteiger partial charge in [0.25, 0.3) is 0 Å². The van der Waals surface area contributed by atoms with Crippen LogP contribution in [0.15, 0.2) is 40.9 Å². The molecule has 0 aliphatic carbocycles. The van der Waals surface area contributed by atoms with Crippen LogP contribution < -0.4 is 14.8 Å². The van der Waals surface area contributed by atoms with Crippen LogP contribution in [0.1, 0.15) is 11.1 Å². The molecule has 0 radical (unpaired) electrons. The molecular weight excluding hydrogens is 346 g/mol. The number of hydrogen-bond acceptors (Lipinski definition) is 3. The van der Waals surface area contributed by atoms with Crippen molar-refractivity contribution < 1.29 is 14.3 Å². The lowest BCUT2D eigenvalue weighted by Gasteiger charge is -2.11. The number of nitrogens with one attached hydrogen (secondary N) is 1. The predicted molar refractivity (Wildman–Crippen MR) is 90.8 cm³/mol. The SMILES string of the molecule is COc1ccc(CC(=O)Nc2ccc(C)cc2Br)c(OC)c1. The zero-order valence-electron chi connectivity index (χ0n) is 12.8. The third kappa shape index (κ3) is 4.01.